The highest BCUT2D eigenvalue weighted by Gasteiger charge is 2.36. The first kappa shape index (κ1) is 14.1. The normalized spacial score (nSPS) is 34.5. The van der Waals surface area contributed by atoms with Crippen molar-refractivity contribution in [1.29, 1.82) is 0 Å². The van der Waals surface area contributed by atoms with Crippen molar-refractivity contribution in [1.82, 2.24) is 10.2 Å². The van der Waals surface area contributed by atoms with Crippen molar-refractivity contribution < 1.29 is 19.8 Å². The van der Waals surface area contributed by atoms with E-state index < -0.39 is 11.6 Å². The van der Waals surface area contributed by atoms with Crippen LogP contribution >= 0.6 is 0 Å². The van der Waals surface area contributed by atoms with Crippen LogP contribution in [-0.2, 0) is 4.79 Å². The molecule has 2 aliphatic rings. The third-order valence-corrected chi connectivity index (χ3v) is 4.23. The van der Waals surface area contributed by atoms with Crippen LogP contribution in [0.1, 0.15) is 32.6 Å². The third-order valence-electron chi connectivity index (χ3n) is 4.23. The molecular formula is C13H22N2O4. The number of hydrogen-bond donors (Lipinski definition) is 3. The zero-order valence-electron chi connectivity index (χ0n) is 11.3. The largest absolute Gasteiger partial charge is 0.481 e. The Morgan fingerprint density at radius 2 is 2.16 bits per heavy atom. The Kier molecular flexibility index (Phi) is 3.99. The smallest absolute Gasteiger partial charge is 0.317 e. The Labute approximate surface area is 112 Å². The fourth-order valence-electron chi connectivity index (χ4n) is 3.05. The van der Waals surface area contributed by atoms with Gasteiger partial charge in [-0.15, -0.1) is 0 Å². The fourth-order valence-corrected chi connectivity index (χ4v) is 3.05. The molecule has 3 unspecified atom stereocenters. The molecule has 1 saturated heterocycles. The Morgan fingerprint density at radius 3 is 2.74 bits per heavy atom. The average molecular weight is 270 g/mol. The summed E-state index contributed by atoms with van der Waals surface area (Å²) >= 11 is 0. The van der Waals surface area contributed by atoms with Crippen LogP contribution in [0.5, 0.6) is 0 Å². The predicted octanol–water partition coefficient (Wildman–Crippen LogP) is 0.654. The van der Waals surface area contributed by atoms with Gasteiger partial charge < -0.3 is 20.4 Å². The van der Waals surface area contributed by atoms with Crippen molar-refractivity contribution >= 4 is 12.0 Å². The number of likely N-dealkylation sites (tertiary alicyclic amines) is 1. The molecular weight excluding hydrogens is 248 g/mol. The number of nitrogens with zero attached hydrogens (tertiary/aromatic N) is 1. The maximum absolute atomic E-state index is 11.9. The minimum absolute atomic E-state index is 0.0320. The molecule has 3 N–H and O–H groups in total. The lowest BCUT2D eigenvalue weighted by molar-refractivity contribution is -0.142. The van der Waals surface area contributed by atoms with E-state index in [1.807, 2.05) is 0 Å². The minimum Gasteiger partial charge on any atom is -0.481 e. The monoisotopic (exact) mass is 270 g/mol. The number of carboxylic acid groups (broad SMARTS) is 1. The minimum atomic E-state index is -0.797. The van der Waals surface area contributed by atoms with Gasteiger partial charge in [0.2, 0.25) is 0 Å². The number of amides is 2. The van der Waals surface area contributed by atoms with Crippen LogP contribution in [0.3, 0.4) is 0 Å². The molecule has 0 bridgehead atoms. The van der Waals surface area contributed by atoms with E-state index in [9.17, 15) is 14.7 Å². The number of urea groups is 1. The maximum Gasteiger partial charge on any atom is 0.317 e. The molecule has 108 valence electrons. The molecule has 2 fully saturated rings. The number of aliphatic hydroxyl groups is 1. The summed E-state index contributed by atoms with van der Waals surface area (Å²) < 4.78 is 0. The average Bonchev–Trinajstić information content (AvgIpc) is 2.92. The molecule has 0 spiro atoms. The molecule has 2 amide bonds. The zero-order valence-corrected chi connectivity index (χ0v) is 11.3. The van der Waals surface area contributed by atoms with Crippen LogP contribution in [0.4, 0.5) is 4.79 Å². The van der Waals surface area contributed by atoms with E-state index in [0.717, 1.165) is 12.8 Å². The van der Waals surface area contributed by atoms with Crippen LogP contribution in [0.15, 0.2) is 0 Å². The van der Waals surface area contributed by atoms with Gasteiger partial charge in [-0.3, -0.25) is 4.79 Å². The standard InChI is InChI=1S/C13H22N2O4/c1-13(19)5-6-15(8-13)12(18)14-7-9-3-2-4-10(9)11(16)17/h9-10,19H,2-8H2,1H3,(H,14,18)(H,16,17). The van der Waals surface area contributed by atoms with E-state index in [-0.39, 0.29) is 17.9 Å². The van der Waals surface area contributed by atoms with Crippen molar-refractivity contribution in [3.8, 4) is 0 Å². The van der Waals surface area contributed by atoms with Crippen molar-refractivity contribution in [3.05, 3.63) is 0 Å². The summed E-state index contributed by atoms with van der Waals surface area (Å²) in [4.78, 5) is 24.6. The lowest BCUT2D eigenvalue weighted by Gasteiger charge is -2.22. The molecule has 1 aliphatic heterocycles. The Morgan fingerprint density at radius 1 is 1.42 bits per heavy atom. The second kappa shape index (κ2) is 5.36. The number of rotatable bonds is 3. The SMILES string of the molecule is CC1(O)CCN(C(=O)NCC2CCCC2C(=O)O)C1. The molecule has 6 nitrogen and oxygen atoms in total. The summed E-state index contributed by atoms with van der Waals surface area (Å²) in [6.07, 6.45) is 3.06. The van der Waals surface area contributed by atoms with E-state index in [2.05, 4.69) is 5.32 Å². The summed E-state index contributed by atoms with van der Waals surface area (Å²) in [7, 11) is 0. The van der Waals surface area contributed by atoms with Gasteiger partial charge in [-0.05, 0) is 32.1 Å². The number of carboxylic acids is 1. The van der Waals surface area contributed by atoms with Crippen molar-refractivity contribution in [2.75, 3.05) is 19.6 Å². The van der Waals surface area contributed by atoms with Gasteiger partial charge in [0.05, 0.1) is 18.1 Å². The molecule has 3 atom stereocenters. The van der Waals surface area contributed by atoms with Crippen LogP contribution in [0.25, 0.3) is 0 Å². The Hall–Kier alpha value is -1.30. The van der Waals surface area contributed by atoms with E-state index in [1.165, 1.54) is 0 Å². The van der Waals surface area contributed by atoms with Crippen molar-refractivity contribution in [2.24, 2.45) is 11.8 Å². The molecule has 1 heterocycles. The highest BCUT2D eigenvalue weighted by molar-refractivity contribution is 5.75. The second-order valence-corrected chi connectivity index (χ2v) is 5.99. The van der Waals surface area contributed by atoms with Gasteiger partial charge in [-0.2, -0.15) is 0 Å². The lowest BCUT2D eigenvalue weighted by atomic mass is 9.96. The second-order valence-electron chi connectivity index (χ2n) is 5.99. The molecule has 19 heavy (non-hydrogen) atoms. The van der Waals surface area contributed by atoms with Gasteiger partial charge in [-0.1, -0.05) is 6.42 Å². The van der Waals surface area contributed by atoms with Gasteiger partial charge in [-0.25, -0.2) is 4.79 Å². The topological polar surface area (TPSA) is 89.9 Å². The van der Waals surface area contributed by atoms with Gasteiger partial charge in [0.15, 0.2) is 0 Å². The first-order chi connectivity index (χ1) is 8.89. The highest BCUT2D eigenvalue weighted by atomic mass is 16.4. The van der Waals surface area contributed by atoms with Gasteiger partial charge in [0.25, 0.3) is 0 Å². The first-order valence-corrected chi connectivity index (χ1v) is 6.87. The number of β-amino-alcohol motifs (C(OH)–C–C–N with tert-alkyl or cyclic N) is 1. The van der Waals surface area contributed by atoms with E-state index >= 15 is 0 Å². The number of aliphatic carboxylic acids is 1. The first-order valence-electron chi connectivity index (χ1n) is 6.87. The van der Waals surface area contributed by atoms with Crippen LogP contribution in [0.2, 0.25) is 0 Å². The predicted molar refractivity (Wildman–Crippen MR) is 68.7 cm³/mol. The number of carbonyl (C=O) groups is 2. The number of hydrogen-bond acceptors (Lipinski definition) is 3. The summed E-state index contributed by atoms with van der Waals surface area (Å²) in [5.41, 5.74) is -0.797. The van der Waals surface area contributed by atoms with Crippen LogP contribution in [0, 0.1) is 11.8 Å². The quantitative estimate of drug-likeness (QED) is 0.702. The number of carbonyl (C=O) groups excluding carboxylic acids is 1. The molecule has 1 saturated carbocycles. The van der Waals surface area contributed by atoms with Crippen LogP contribution < -0.4 is 5.32 Å². The highest BCUT2D eigenvalue weighted by Crippen LogP contribution is 2.31. The Bertz CT molecular complexity index is 370. The molecule has 0 aromatic carbocycles. The third kappa shape index (κ3) is 3.37. The lowest BCUT2D eigenvalue weighted by Crippen LogP contribution is -2.43. The molecule has 2 rings (SSSR count). The number of nitrogens with one attached hydrogen (secondary N) is 1. The summed E-state index contributed by atoms with van der Waals surface area (Å²) in [5.74, 6) is -1.06. The molecule has 0 aromatic rings. The zero-order chi connectivity index (χ0) is 14.0. The summed E-state index contributed by atoms with van der Waals surface area (Å²) in [6.45, 7) is 3.02. The van der Waals surface area contributed by atoms with E-state index in [4.69, 9.17) is 5.11 Å². The van der Waals surface area contributed by atoms with Crippen LogP contribution in [-0.4, -0.2) is 52.3 Å². The summed E-state index contributed by atoms with van der Waals surface area (Å²) in [5, 5.41) is 21.7. The molecule has 6 heteroatoms. The fraction of sp³-hybridized carbons (Fsp3) is 0.846. The van der Waals surface area contributed by atoms with Gasteiger partial charge >= 0.3 is 12.0 Å². The molecule has 0 aromatic heterocycles. The van der Waals surface area contributed by atoms with E-state index in [1.54, 1.807) is 11.8 Å². The molecule has 0 radical (unpaired) electrons. The van der Waals surface area contributed by atoms with Crippen molar-refractivity contribution in [2.45, 2.75) is 38.2 Å². The van der Waals surface area contributed by atoms with Gasteiger partial charge in [0, 0.05) is 13.1 Å². The summed E-state index contributed by atoms with van der Waals surface area (Å²) in [6, 6.07) is -0.200. The molecule has 1 aliphatic carbocycles. The maximum atomic E-state index is 11.9. The van der Waals surface area contributed by atoms with Crippen molar-refractivity contribution in [3.63, 3.8) is 0 Å². The Balaban J connectivity index is 1.79. The van der Waals surface area contributed by atoms with Gasteiger partial charge in [0.1, 0.15) is 0 Å². The van der Waals surface area contributed by atoms with E-state index in [0.29, 0.717) is 32.5 Å².